The van der Waals surface area contributed by atoms with Crippen LogP contribution in [-0.4, -0.2) is 193 Å². The van der Waals surface area contributed by atoms with Crippen molar-refractivity contribution < 1.29 is 89.4 Å². The molecule has 17 unspecified atom stereocenters. The fourth-order valence-corrected chi connectivity index (χ4v) is 8.94. The first-order valence-electron chi connectivity index (χ1n) is 25.9. The van der Waals surface area contributed by atoms with E-state index in [-0.39, 0.29) is 18.9 Å². The predicted octanol–water partition coefficient (Wildman–Crippen LogP) is 1.87. The maximum absolute atomic E-state index is 13.2. The Morgan fingerprint density at radius 2 is 0.941 bits per heavy atom. The number of ether oxygens (including phenoxy) is 6. The lowest BCUT2D eigenvalue weighted by atomic mass is 9.96. The molecule has 3 heterocycles. The summed E-state index contributed by atoms with van der Waals surface area (Å²) < 4.78 is 34.1. The first-order valence-corrected chi connectivity index (χ1v) is 25.9. The highest BCUT2D eigenvalue weighted by atomic mass is 16.8. The zero-order valence-corrected chi connectivity index (χ0v) is 40.8. The fourth-order valence-electron chi connectivity index (χ4n) is 8.94. The number of hydrogen-bond acceptors (Lipinski definition) is 18. The topological polar surface area (TPSA) is 307 Å². The molecule has 3 saturated heterocycles. The van der Waals surface area contributed by atoms with Gasteiger partial charge in [0, 0.05) is 6.42 Å². The summed E-state index contributed by atoms with van der Waals surface area (Å²) in [7, 11) is 0. The Hall–Kier alpha value is -1.47. The van der Waals surface area contributed by atoms with Gasteiger partial charge in [0.05, 0.1) is 38.6 Å². The van der Waals surface area contributed by atoms with Gasteiger partial charge >= 0.3 is 0 Å². The number of carbonyl (C=O) groups excluding carboxylic acids is 1. The van der Waals surface area contributed by atoms with E-state index in [4.69, 9.17) is 28.4 Å². The van der Waals surface area contributed by atoms with Crippen LogP contribution in [0.25, 0.3) is 0 Å². The van der Waals surface area contributed by atoms with E-state index in [1.54, 1.807) is 0 Å². The van der Waals surface area contributed by atoms with Crippen LogP contribution in [0.1, 0.15) is 162 Å². The van der Waals surface area contributed by atoms with E-state index < -0.39 is 124 Å². The molecule has 0 aromatic heterocycles. The van der Waals surface area contributed by atoms with E-state index >= 15 is 0 Å². The largest absolute Gasteiger partial charge is 0.394 e. The molecule has 3 fully saturated rings. The van der Waals surface area contributed by atoms with Gasteiger partial charge in [-0.15, -0.1) is 0 Å². The van der Waals surface area contributed by atoms with Crippen LogP contribution in [0.3, 0.4) is 0 Å². The standard InChI is InChI=1S/C49H91NO18/c1-3-5-7-9-11-13-15-17-18-20-22-24-26-33(54)32(50-37(55)27-25-23-21-19-16-14-12-10-8-6-4-2)31-63-47-43(61)40(58)45(35(29-52)65-47)68-49-44(62)41(59)46(36(30-53)66-49)67-48-42(60)39(57)38(56)34(28-51)64-48/h10,12,32-36,38-49,51-54,56-62H,3-9,11,13-31H2,1-2H3,(H,50,55)/b12-10-. The first kappa shape index (κ1) is 60.8. The van der Waals surface area contributed by atoms with Gasteiger partial charge in [-0.05, 0) is 32.1 Å². The van der Waals surface area contributed by atoms with Crippen LogP contribution in [0.4, 0.5) is 0 Å². The smallest absolute Gasteiger partial charge is 0.220 e. The monoisotopic (exact) mass is 982 g/mol. The van der Waals surface area contributed by atoms with Crippen LogP contribution in [0.15, 0.2) is 12.2 Å². The average molecular weight is 982 g/mol. The van der Waals surface area contributed by atoms with E-state index in [2.05, 4.69) is 31.3 Å². The first-order chi connectivity index (χ1) is 32.8. The molecular weight excluding hydrogens is 891 g/mol. The van der Waals surface area contributed by atoms with Crippen LogP contribution >= 0.6 is 0 Å². The predicted molar refractivity (Wildman–Crippen MR) is 250 cm³/mol. The summed E-state index contributed by atoms with van der Waals surface area (Å²) in [5.74, 6) is -0.256. The fraction of sp³-hybridized carbons (Fsp3) is 0.939. The third-order valence-electron chi connectivity index (χ3n) is 13.3. The van der Waals surface area contributed by atoms with Gasteiger partial charge in [-0.2, -0.15) is 0 Å². The third kappa shape index (κ3) is 20.6. The number of aliphatic hydroxyl groups excluding tert-OH is 11. The summed E-state index contributed by atoms with van der Waals surface area (Å²) >= 11 is 0. The Balaban J connectivity index is 1.56. The zero-order chi connectivity index (χ0) is 49.8. The van der Waals surface area contributed by atoms with Gasteiger partial charge in [-0.25, -0.2) is 0 Å². The summed E-state index contributed by atoms with van der Waals surface area (Å²) in [6, 6.07) is -0.884. The van der Waals surface area contributed by atoms with E-state index in [0.29, 0.717) is 12.8 Å². The molecule has 400 valence electrons. The van der Waals surface area contributed by atoms with E-state index in [9.17, 15) is 61.0 Å². The van der Waals surface area contributed by atoms with Crippen molar-refractivity contribution in [2.45, 2.75) is 266 Å². The molecule has 0 aliphatic carbocycles. The van der Waals surface area contributed by atoms with Crippen molar-refractivity contribution in [3.8, 4) is 0 Å². The van der Waals surface area contributed by atoms with Crippen molar-refractivity contribution in [1.29, 1.82) is 0 Å². The Morgan fingerprint density at radius 3 is 1.47 bits per heavy atom. The Morgan fingerprint density at radius 1 is 0.515 bits per heavy atom. The third-order valence-corrected chi connectivity index (χ3v) is 13.3. The van der Waals surface area contributed by atoms with Gasteiger partial charge in [0.1, 0.15) is 73.2 Å². The maximum atomic E-state index is 13.2. The van der Waals surface area contributed by atoms with E-state index in [0.717, 1.165) is 64.2 Å². The Labute approximate surface area is 404 Å². The molecule has 3 rings (SSSR count). The molecule has 19 nitrogen and oxygen atoms in total. The van der Waals surface area contributed by atoms with Gasteiger partial charge in [-0.3, -0.25) is 4.79 Å². The number of nitrogens with one attached hydrogen (secondary N) is 1. The lowest BCUT2D eigenvalue weighted by Gasteiger charge is -2.48. The minimum atomic E-state index is -1.97. The highest BCUT2D eigenvalue weighted by molar-refractivity contribution is 5.76. The van der Waals surface area contributed by atoms with Crippen LogP contribution in [0, 0.1) is 0 Å². The SMILES string of the molecule is CCCC/C=C\CCCCCCCC(=O)NC(COC1OC(CO)C(OC2OC(CO)C(OC3OC(CO)C(O)C(O)C3O)C(O)C2O)C(O)C1O)C(O)CCCCCCCCCCCCCC. The molecule has 17 atom stereocenters. The van der Waals surface area contributed by atoms with Crippen LogP contribution in [-0.2, 0) is 33.2 Å². The molecule has 0 bridgehead atoms. The van der Waals surface area contributed by atoms with E-state index in [1.807, 2.05) is 0 Å². The quantitative estimate of drug-likeness (QED) is 0.0315. The minimum absolute atomic E-state index is 0.256. The van der Waals surface area contributed by atoms with Gasteiger partial charge in [0.25, 0.3) is 0 Å². The molecule has 3 aliphatic rings. The molecule has 0 radical (unpaired) electrons. The van der Waals surface area contributed by atoms with E-state index in [1.165, 1.54) is 64.2 Å². The number of rotatable bonds is 36. The van der Waals surface area contributed by atoms with Gasteiger partial charge in [0.15, 0.2) is 18.9 Å². The van der Waals surface area contributed by atoms with Crippen LogP contribution in [0.5, 0.6) is 0 Å². The van der Waals surface area contributed by atoms with Crippen molar-refractivity contribution in [3.63, 3.8) is 0 Å². The zero-order valence-electron chi connectivity index (χ0n) is 40.8. The van der Waals surface area contributed by atoms with Gasteiger partial charge < -0.3 is 89.9 Å². The summed E-state index contributed by atoms with van der Waals surface area (Å²) in [4.78, 5) is 13.2. The van der Waals surface area contributed by atoms with Crippen molar-refractivity contribution in [2.75, 3.05) is 26.4 Å². The van der Waals surface area contributed by atoms with Crippen LogP contribution in [0.2, 0.25) is 0 Å². The molecule has 0 spiro atoms. The van der Waals surface area contributed by atoms with Crippen molar-refractivity contribution in [2.24, 2.45) is 0 Å². The molecule has 3 aliphatic heterocycles. The number of carbonyl (C=O) groups is 1. The Bertz CT molecular complexity index is 1310. The van der Waals surface area contributed by atoms with Crippen molar-refractivity contribution in [3.05, 3.63) is 12.2 Å². The second-order valence-electron chi connectivity index (χ2n) is 19.0. The lowest BCUT2D eigenvalue weighted by molar-refractivity contribution is -0.379. The molecule has 68 heavy (non-hydrogen) atoms. The molecule has 1 amide bonds. The maximum Gasteiger partial charge on any atom is 0.220 e. The second kappa shape index (κ2) is 34.8. The van der Waals surface area contributed by atoms with Gasteiger partial charge in [0.2, 0.25) is 5.91 Å². The number of unbranched alkanes of at least 4 members (excludes halogenated alkanes) is 18. The number of allylic oxidation sites excluding steroid dienone is 2. The summed E-state index contributed by atoms with van der Waals surface area (Å²) in [5, 5.41) is 120. The minimum Gasteiger partial charge on any atom is -0.394 e. The number of hydrogen-bond donors (Lipinski definition) is 12. The van der Waals surface area contributed by atoms with Crippen molar-refractivity contribution in [1.82, 2.24) is 5.32 Å². The average Bonchev–Trinajstić information content (AvgIpc) is 3.33. The van der Waals surface area contributed by atoms with Gasteiger partial charge in [-0.1, -0.05) is 135 Å². The summed E-state index contributed by atoms with van der Waals surface area (Å²) in [6.07, 6.45) is 1.83. The lowest BCUT2D eigenvalue weighted by Crippen LogP contribution is -2.66. The molecule has 0 saturated carbocycles. The normalized spacial score (nSPS) is 33.2. The number of amides is 1. The molecule has 0 aromatic rings. The second-order valence-corrected chi connectivity index (χ2v) is 19.0. The molecule has 0 aromatic carbocycles. The molecule has 19 heteroatoms. The van der Waals surface area contributed by atoms with Crippen molar-refractivity contribution >= 4 is 5.91 Å². The summed E-state index contributed by atoms with van der Waals surface area (Å²) in [6.45, 7) is 1.69. The molecule has 12 N–H and O–H groups in total. The highest BCUT2D eigenvalue weighted by Gasteiger charge is 2.53. The Kier molecular flexibility index (Phi) is 31.1. The highest BCUT2D eigenvalue weighted by Crippen LogP contribution is 2.33. The van der Waals surface area contributed by atoms with Crippen LogP contribution < -0.4 is 5.32 Å². The molecular formula is C49H91NO18. The summed E-state index contributed by atoms with van der Waals surface area (Å²) in [5.41, 5.74) is 0. The number of aliphatic hydroxyl groups is 11.